The maximum Gasteiger partial charge on any atom is 0.417 e. The molecule has 27 heavy (non-hydrogen) atoms. The Labute approximate surface area is 158 Å². The molecule has 0 N–H and O–H groups in total. The number of rotatable bonds is 4. The summed E-state index contributed by atoms with van der Waals surface area (Å²) in [4.78, 5) is 8.56. The number of pyridine rings is 2. The van der Waals surface area contributed by atoms with Crippen molar-refractivity contribution in [2.24, 2.45) is 0 Å². The van der Waals surface area contributed by atoms with Crippen LogP contribution in [-0.2, 0) is 17.7 Å². The van der Waals surface area contributed by atoms with Crippen molar-refractivity contribution in [1.82, 2.24) is 9.97 Å². The Morgan fingerprint density at radius 1 is 0.778 bits per heavy atom. The monoisotopic (exact) mass is 384 g/mol. The fourth-order valence-corrected chi connectivity index (χ4v) is 4.10. The molecule has 0 atom stereocenters. The third-order valence-electron chi connectivity index (χ3n) is 4.34. The quantitative estimate of drug-likeness (QED) is 0.390. The zero-order chi connectivity index (χ0) is 18.9. The van der Waals surface area contributed by atoms with Crippen molar-refractivity contribution in [3.63, 3.8) is 0 Å². The molecule has 0 radical (unpaired) electrons. The Morgan fingerprint density at radius 3 is 2.30 bits per heavy atom. The lowest BCUT2D eigenvalue weighted by molar-refractivity contribution is -0.136. The van der Waals surface area contributed by atoms with E-state index in [2.05, 4.69) is 9.97 Å². The number of nitrogens with zero attached hydrogens (tertiary/aromatic N) is 2. The van der Waals surface area contributed by atoms with E-state index in [9.17, 15) is 13.2 Å². The van der Waals surface area contributed by atoms with Gasteiger partial charge in [-0.3, -0.25) is 9.97 Å². The van der Waals surface area contributed by atoms with E-state index in [-0.39, 0.29) is 16.7 Å². The van der Waals surface area contributed by atoms with Crippen molar-refractivity contribution < 1.29 is 13.2 Å². The summed E-state index contributed by atoms with van der Waals surface area (Å²) in [7, 11) is 0. The maximum atomic E-state index is 13.9. The Bertz CT molecular complexity index is 1090. The first-order chi connectivity index (χ1) is 13.0. The molecule has 4 aromatic rings. The van der Waals surface area contributed by atoms with Gasteiger partial charge >= 0.3 is 6.18 Å². The molecule has 0 amide bonds. The fraction of sp³-hybridized carbons (Fsp3) is 0.143. The van der Waals surface area contributed by atoms with Crippen molar-refractivity contribution >= 4 is 33.6 Å². The lowest BCUT2D eigenvalue weighted by Crippen LogP contribution is -2.11. The zero-order valence-electron chi connectivity index (χ0n) is 14.2. The van der Waals surface area contributed by atoms with Crippen molar-refractivity contribution in [2.45, 2.75) is 17.7 Å². The van der Waals surface area contributed by atoms with Gasteiger partial charge < -0.3 is 0 Å². The Kier molecular flexibility index (Phi) is 4.74. The van der Waals surface area contributed by atoms with E-state index in [1.165, 1.54) is 24.2 Å². The summed E-state index contributed by atoms with van der Waals surface area (Å²) in [6.45, 7) is 0. The van der Waals surface area contributed by atoms with Gasteiger partial charge in [0.2, 0.25) is 0 Å². The van der Waals surface area contributed by atoms with Crippen LogP contribution in [0.4, 0.5) is 13.2 Å². The first-order valence-electron chi connectivity index (χ1n) is 8.38. The van der Waals surface area contributed by atoms with Gasteiger partial charge in [0, 0.05) is 34.7 Å². The van der Waals surface area contributed by atoms with Gasteiger partial charge in [0.05, 0.1) is 16.6 Å². The van der Waals surface area contributed by atoms with E-state index >= 15 is 0 Å². The van der Waals surface area contributed by atoms with E-state index in [1.807, 2.05) is 30.3 Å². The van der Waals surface area contributed by atoms with E-state index in [0.717, 1.165) is 5.56 Å². The van der Waals surface area contributed by atoms with Gasteiger partial charge in [-0.2, -0.15) is 24.9 Å². The third kappa shape index (κ3) is 3.62. The number of aromatic nitrogens is 2. The molecule has 0 unspecified atom stereocenters. The normalized spacial score (nSPS) is 12.0. The van der Waals surface area contributed by atoms with Crippen LogP contribution in [0.1, 0.15) is 16.7 Å². The molecule has 2 aromatic heterocycles. The summed E-state index contributed by atoms with van der Waals surface area (Å²) >= 11 is 1.44. The maximum absolute atomic E-state index is 13.9. The highest BCUT2D eigenvalue weighted by atomic mass is 32.2. The third-order valence-corrected chi connectivity index (χ3v) is 5.39. The molecule has 6 heteroatoms. The molecule has 0 spiro atoms. The zero-order valence-corrected chi connectivity index (χ0v) is 15.0. The highest BCUT2D eigenvalue weighted by Crippen LogP contribution is 2.39. The molecule has 4 rings (SSSR count). The largest absolute Gasteiger partial charge is 0.417 e. The summed E-state index contributed by atoms with van der Waals surface area (Å²) < 4.78 is 41.6. The second-order valence-electron chi connectivity index (χ2n) is 6.17. The molecule has 0 aliphatic carbocycles. The minimum Gasteiger partial charge on any atom is -0.255 e. The van der Waals surface area contributed by atoms with Crippen LogP contribution < -0.4 is 0 Å². The van der Waals surface area contributed by atoms with Crippen LogP contribution in [0, 0.1) is 0 Å². The average Bonchev–Trinajstić information content (AvgIpc) is 2.67. The van der Waals surface area contributed by atoms with E-state index in [4.69, 9.17) is 0 Å². The van der Waals surface area contributed by atoms with Crippen molar-refractivity contribution in [1.29, 1.82) is 0 Å². The van der Waals surface area contributed by atoms with Gasteiger partial charge in [0.15, 0.2) is 0 Å². The molecule has 2 heterocycles. The van der Waals surface area contributed by atoms with E-state index < -0.39 is 11.7 Å². The highest BCUT2D eigenvalue weighted by molar-refractivity contribution is 7.97. The van der Waals surface area contributed by atoms with Crippen LogP contribution in [0.3, 0.4) is 0 Å². The molecule has 136 valence electrons. The van der Waals surface area contributed by atoms with Crippen molar-refractivity contribution in [2.75, 3.05) is 0 Å². The van der Waals surface area contributed by atoms with Gasteiger partial charge in [0.25, 0.3) is 0 Å². The van der Waals surface area contributed by atoms with Gasteiger partial charge in [0.1, 0.15) is 0 Å². The Morgan fingerprint density at radius 2 is 1.52 bits per heavy atom. The predicted octanol–water partition coefficient (Wildman–Crippen LogP) is 6.24. The second kappa shape index (κ2) is 7.19. The summed E-state index contributed by atoms with van der Waals surface area (Å²) in [5.74, 6) is 0.881. The smallest absolute Gasteiger partial charge is 0.255 e. The molecular weight excluding hydrogens is 369 g/mol. The molecule has 0 aliphatic heterocycles. The van der Waals surface area contributed by atoms with Gasteiger partial charge in [-0.25, -0.2) is 0 Å². The van der Waals surface area contributed by atoms with E-state index in [0.29, 0.717) is 22.2 Å². The number of fused-ring (bicyclic) bond motifs is 3. The fourth-order valence-electron chi connectivity index (χ4n) is 3.13. The molecule has 2 nitrogen and oxygen atoms in total. The first-order valence-corrected chi connectivity index (χ1v) is 9.54. The Balaban J connectivity index is 1.75. The van der Waals surface area contributed by atoms with E-state index in [1.54, 1.807) is 24.3 Å². The van der Waals surface area contributed by atoms with Gasteiger partial charge in [-0.15, -0.1) is 0 Å². The predicted molar refractivity (Wildman–Crippen MR) is 103 cm³/mol. The molecule has 2 aromatic carbocycles. The van der Waals surface area contributed by atoms with Crippen molar-refractivity contribution in [3.8, 4) is 0 Å². The van der Waals surface area contributed by atoms with Crippen LogP contribution in [0.15, 0.2) is 67.0 Å². The topological polar surface area (TPSA) is 25.8 Å². The molecule has 0 bridgehead atoms. The highest BCUT2D eigenvalue weighted by Gasteiger charge is 2.36. The number of para-hydroxylation sites is 1. The number of hydrogen-bond acceptors (Lipinski definition) is 3. The standard InChI is InChI=1S/C21H15F3N2S/c22-21(23,24)19-15(13-27-12-14-6-2-1-3-7-14)10-26-20-16-8-4-5-9-18(16)25-11-17(19)20/h1-11H,12-13H2. The Hall–Kier alpha value is -2.60. The first kappa shape index (κ1) is 17.8. The van der Waals surface area contributed by atoms with Crippen LogP contribution in [-0.4, -0.2) is 9.97 Å². The average molecular weight is 384 g/mol. The lowest BCUT2D eigenvalue weighted by atomic mass is 10.0. The number of hydrogen-bond donors (Lipinski definition) is 0. The minimum absolute atomic E-state index is 0.0546. The molecule has 0 aliphatic rings. The summed E-state index contributed by atoms with van der Waals surface area (Å²) in [6.07, 6.45) is -1.82. The SMILES string of the molecule is FC(F)(F)c1c(CSCc2ccccc2)cnc2c1cnc1ccccc12. The molecule has 0 fully saturated rings. The summed E-state index contributed by atoms with van der Waals surface area (Å²) in [5, 5.41) is 0.683. The lowest BCUT2D eigenvalue weighted by Gasteiger charge is -2.16. The molecule has 0 saturated heterocycles. The van der Waals surface area contributed by atoms with Crippen molar-refractivity contribution in [3.05, 3.63) is 83.7 Å². The number of halogens is 3. The van der Waals surface area contributed by atoms with Crippen LogP contribution in [0.2, 0.25) is 0 Å². The second-order valence-corrected chi connectivity index (χ2v) is 7.16. The summed E-state index contributed by atoms with van der Waals surface area (Å²) in [5.41, 5.74) is 1.61. The summed E-state index contributed by atoms with van der Waals surface area (Å²) in [6, 6.07) is 16.8. The minimum atomic E-state index is -4.46. The van der Waals surface area contributed by atoms with Crippen LogP contribution >= 0.6 is 11.8 Å². The van der Waals surface area contributed by atoms with Gasteiger partial charge in [-0.1, -0.05) is 48.5 Å². The number of benzene rings is 2. The number of alkyl halides is 3. The molecular formula is C21H15F3N2S. The molecule has 0 saturated carbocycles. The number of thioether (sulfide) groups is 1. The van der Waals surface area contributed by atoms with Gasteiger partial charge in [-0.05, 0) is 17.2 Å². The van der Waals surface area contributed by atoms with Crippen LogP contribution in [0.25, 0.3) is 21.8 Å². The van der Waals surface area contributed by atoms with Crippen LogP contribution in [0.5, 0.6) is 0 Å².